The third kappa shape index (κ3) is 5.62. The maximum Gasteiger partial charge on any atom is 0.0358 e. The number of fused-ring (bicyclic) bond motifs is 11. The quantitative estimate of drug-likeness (QED) is 0.145. The maximum atomic E-state index is 2.59. The van der Waals surface area contributed by atoms with Gasteiger partial charge in [-0.25, -0.2) is 0 Å². The highest BCUT2D eigenvalue weighted by atomic mass is 32.1. The molecule has 9 aromatic rings. The summed E-state index contributed by atoms with van der Waals surface area (Å²) in [6, 6.07) is 62.8. The first-order valence-corrected chi connectivity index (χ1v) is 22.0. The van der Waals surface area contributed by atoms with Gasteiger partial charge in [0.25, 0.3) is 0 Å². The van der Waals surface area contributed by atoms with Crippen LogP contribution in [0.15, 0.2) is 164 Å². The summed E-state index contributed by atoms with van der Waals surface area (Å²) in [4.78, 5) is 0. The standard InChI is InChI=1S/C57H48S/c1-35-21-23-37(24-22-35)31-51(40-27-29-48-47-18-11-12-20-54(47)58-55(48)34-40)36(2)38-25-30-50-52(32-38)57(3,4)53-33-39(41-13-5-10-19-49(41)56(50)53)26-28-46-44-16-8-6-14-42(44)43-15-7-9-17-45(43)46/h5-25,27,29-30,32-34,36,46,51H,26,28,31H2,1-4H3. The summed E-state index contributed by atoms with van der Waals surface area (Å²) in [6.07, 6.45) is 3.14. The Balaban J connectivity index is 0.968. The first kappa shape index (κ1) is 35.4. The van der Waals surface area contributed by atoms with Gasteiger partial charge in [0.1, 0.15) is 0 Å². The average molecular weight is 765 g/mol. The van der Waals surface area contributed by atoms with Gasteiger partial charge in [0.15, 0.2) is 0 Å². The molecular formula is C57H48S. The van der Waals surface area contributed by atoms with Crippen molar-refractivity contribution >= 4 is 42.3 Å². The van der Waals surface area contributed by atoms with Crippen molar-refractivity contribution in [2.75, 3.05) is 0 Å². The Labute approximate surface area is 346 Å². The Hall–Kier alpha value is -5.76. The number of hydrogen-bond donors (Lipinski definition) is 0. The number of thiophene rings is 1. The topological polar surface area (TPSA) is 0 Å². The molecule has 0 bridgehead atoms. The fraction of sp³-hybridized carbons (Fsp3) is 0.193. The van der Waals surface area contributed by atoms with E-state index in [0.717, 1.165) is 19.3 Å². The van der Waals surface area contributed by atoms with E-state index in [9.17, 15) is 0 Å². The van der Waals surface area contributed by atoms with Crippen LogP contribution < -0.4 is 0 Å². The summed E-state index contributed by atoms with van der Waals surface area (Å²) >= 11 is 1.92. The van der Waals surface area contributed by atoms with E-state index in [1.54, 1.807) is 0 Å². The zero-order valence-electron chi connectivity index (χ0n) is 33.9. The minimum atomic E-state index is -0.117. The first-order chi connectivity index (χ1) is 28.3. The second kappa shape index (κ2) is 13.7. The summed E-state index contributed by atoms with van der Waals surface area (Å²) in [7, 11) is 0. The molecule has 11 rings (SSSR count). The van der Waals surface area contributed by atoms with Crippen molar-refractivity contribution in [3.05, 3.63) is 214 Å². The van der Waals surface area contributed by atoms with E-state index in [-0.39, 0.29) is 5.41 Å². The second-order valence-electron chi connectivity index (χ2n) is 17.6. The molecule has 0 nitrogen and oxygen atoms in total. The lowest BCUT2D eigenvalue weighted by Crippen LogP contribution is -2.17. The van der Waals surface area contributed by atoms with Gasteiger partial charge in [-0.15, -0.1) is 11.3 Å². The molecule has 0 saturated carbocycles. The van der Waals surface area contributed by atoms with Crippen LogP contribution in [0.4, 0.5) is 0 Å². The number of aryl methyl sites for hydroxylation is 2. The second-order valence-corrected chi connectivity index (χ2v) is 18.7. The fourth-order valence-electron chi connectivity index (χ4n) is 10.8. The normalized spacial score (nSPS) is 15.0. The van der Waals surface area contributed by atoms with Crippen LogP contribution in [-0.4, -0.2) is 0 Å². The molecule has 2 aliphatic carbocycles. The smallest absolute Gasteiger partial charge is 0.0358 e. The predicted octanol–water partition coefficient (Wildman–Crippen LogP) is 15.7. The fourth-order valence-corrected chi connectivity index (χ4v) is 12.0. The van der Waals surface area contributed by atoms with Crippen LogP contribution >= 0.6 is 11.3 Å². The van der Waals surface area contributed by atoms with E-state index in [1.165, 1.54) is 103 Å². The van der Waals surface area contributed by atoms with Crippen LogP contribution in [0, 0.1) is 6.92 Å². The lowest BCUT2D eigenvalue weighted by molar-refractivity contribution is 0.570. The Kier molecular flexibility index (Phi) is 8.35. The molecule has 58 heavy (non-hydrogen) atoms. The van der Waals surface area contributed by atoms with Crippen molar-refractivity contribution in [2.24, 2.45) is 0 Å². The molecule has 282 valence electrons. The Bertz CT molecular complexity index is 3000. The summed E-state index contributed by atoms with van der Waals surface area (Å²) in [5, 5.41) is 5.52. The van der Waals surface area contributed by atoms with Crippen LogP contribution in [0.1, 0.15) is 95.0 Å². The minimum Gasteiger partial charge on any atom is -0.135 e. The third-order valence-electron chi connectivity index (χ3n) is 14.0. The minimum absolute atomic E-state index is 0.117. The van der Waals surface area contributed by atoms with Crippen molar-refractivity contribution in [2.45, 2.75) is 70.1 Å². The highest BCUT2D eigenvalue weighted by molar-refractivity contribution is 7.25. The highest BCUT2D eigenvalue weighted by Crippen LogP contribution is 2.54. The van der Waals surface area contributed by atoms with Gasteiger partial charge in [0.2, 0.25) is 0 Å². The Morgan fingerprint density at radius 2 is 1.19 bits per heavy atom. The molecule has 1 heterocycles. The largest absolute Gasteiger partial charge is 0.135 e. The molecule has 0 spiro atoms. The van der Waals surface area contributed by atoms with Crippen LogP contribution in [0.5, 0.6) is 0 Å². The molecule has 0 aliphatic heterocycles. The molecule has 2 unspecified atom stereocenters. The maximum absolute atomic E-state index is 2.59. The molecule has 0 fully saturated rings. The van der Waals surface area contributed by atoms with E-state index >= 15 is 0 Å². The van der Waals surface area contributed by atoms with Crippen molar-refractivity contribution in [1.29, 1.82) is 0 Å². The van der Waals surface area contributed by atoms with Gasteiger partial charge in [-0.3, -0.25) is 0 Å². The zero-order valence-corrected chi connectivity index (χ0v) is 34.7. The predicted molar refractivity (Wildman–Crippen MR) is 249 cm³/mol. The van der Waals surface area contributed by atoms with Crippen LogP contribution in [-0.2, 0) is 18.3 Å². The molecule has 8 aromatic carbocycles. The monoisotopic (exact) mass is 764 g/mol. The first-order valence-electron chi connectivity index (χ1n) is 21.2. The molecule has 2 atom stereocenters. The Morgan fingerprint density at radius 3 is 1.95 bits per heavy atom. The summed E-state index contributed by atoms with van der Waals surface area (Å²) < 4.78 is 2.75. The molecular weight excluding hydrogens is 717 g/mol. The van der Waals surface area contributed by atoms with Crippen LogP contribution in [0.2, 0.25) is 0 Å². The molecule has 1 aromatic heterocycles. The number of hydrogen-bond acceptors (Lipinski definition) is 1. The van der Waals surface area contributed by atoms with Gasteiger partial charge in [-0.05, 0) is 128 Å². The average Bonchev–Trinajstić information content (AvgIpc) is 3.87. The highest BCUT2D eigenvalue weighted by Gasteiger charge is 2.38. The van der Waals surface area contributed by atoms with E-state index in [1.807, 2.05) is 11.3 Å². The van der Waals surface area contributed by atoms with Gasteiger partial charge in [-0.2, -0.15) is 0 Å². The van der Waals surface area contributed by atoms with Gasteiger partial charge >= 0.3 is 0 Å². The van der Waals surface area contributed by atoms with E-state index in [0.29, 0.717) is 17.8 Å². The van der Waals surface area contributed by atoms with E-state index in [2.05, 4.69) is 191 Å². The molecule has 2 aliphatic rings. The number of rotatable bonds is 8. The van der Waals surface area contributed by atoms with E-state index in [4.69, 9.17) is 0 Å². The summed E-state index contributed by atoms with van der Waals surface area (Å²) in [5.41, 5.74) is 18.5. The molecule has 1 heteroatoms. The molecule has 0 radical (unpaired) electrons. The molecule has 0 amide bonds. The number of benzene rings is 8. The van der Waals surface area contributed by atoms with Crippen molar-refractivity contribution in [3.63, 3.8) is 0 Å². The zero-order chi connectivity index (χ0) is 39.1. The van der Waals surface area contributed by atoms with Crippen LogP contribution in [0.25, 0.3) is 53.2 Å². The molecule has 0 N–H and O–H groups in total. The summed E-state index contributed by atoms with van der Waals surface area (Å²) in [6.45, 7) is 9.59. The van der Waals surface area contributed by atoms with Crippen molar-refractivity contribution in [1.82, 2.24) is 0 Å². The lowest BCUT2D eigenvalue weighted by atomic mass is 9.76. The van der Waals surface area contributed by atoms with E-state index < -0.39 is 0 Å². The van der Waals surface area contributed by atoms with Crippen LogP contribution in [0.3, 0.4) is 0 Å². The Morgan fingerprint density at radius 1 is 0.552 bits per heavy atom. The van der Waals surface area contributed by atoms with Gasteiger partial charge in [0.05, 0.1) is 0 Å². The van der Waals surface area contributed by atoms with Gasteiger partial charge < -0.3 is 0 Å². The lowest BCUT2D eigenvalue weighted by Gasteiger charge is -2.28. The van der Waals surface area contributed by atoms with Crippen molar-refractivity contribution < 1.29 is 0 Å². The van der Waals surface area contributed by atoms with Crippen molar-refractivity contribution in [3.8, 4) is 22.3 Å². The molecule has 0 saturated heterocycles. The summed E-state index contributed by atoms with van der Waals surface area (Å²) in [5.74, 6) is 1.07. The van der Waals surface area contributed by atoms with Gasteiger partial charge in [-0.1, -0.05) is 178 Å². The SMILES string of the molecule is Cc1ccc(CC(c2ccc3c(c2)sc2ccccc23)C(C)c2ccc3c(c2)C(C)(C)c2cc(CCC4c5ccccc5-c5ccccc54)c4ccccc4c2-3)cc1. The third-order valence-corrected chi connectivity index (χ3v) is 15.1. The van der Waals surface area contributed by atoms with Gasteiger partial charge in [0, 0.05) is 31.5 Å².